The highest BCUT2D eigenvalue weighted by molar-refractivity contribution is 5.06. The van der Waals surface area contributed by atoms with Gasteiger partial charge in [-0.2, -0.15) is 0 Å². The van der Waals surface area contributed by atoms with Crippen LogP contribution in [-0.2, 0) is 11.3 Å². The average Bonchev–Trinajstić information content (AvgIpc) is 2.97. The molecular weight excluding hydrogens is 278 g/mol. The second kappa shape index (κ2) is 5.99. The van der Waals surface area contributed by atoms with Gasteiger partial charge in [0.15, 0.2) is 0 Å². The monoisotopic (exact) mass is 305 g/mol. The molecule has 0 radical (unpaired) electrons. The highest BCUT2D eigenvalue weighted by Gasteiger charge is 2.50. The molecule has 2 N–H and O–H groups in total. The van der Waals surface area contributed by atoms with E-state index in [4.69, 9.17) is 9.15 Å². The van der Waals surface area contributed by atoms with Crippen molar-refractivity contribution in [3.63, 3.8) is 0 Å². The number of β-amino-alcohol motifs (C(OH)–C–C–N with tert-alkyl or cyclic N) is 1. The number of rotatable bonds is 7. The van der Waals surface area contributed by atoms with Gasteiger partial charge in [0.05, 0.1) is 19.0 Å². The third kappa shape index (κ3) is 3.10. The first kappa shape index (κ1) is 14.7. The molecule has 1 unspecified atom stereocenters. The van der Waals surface area contributed by atoms with Gasteiger partial charge < -0.3 is 19.6 Å². The van der Waals surface area contributed by atoms with E-state index in [0.29, 0.717) is 25.3 Å². The molecule has 1 atom stereocenters. The van der Waals surface area contributed by atoms with Crippen molar-refractivity contribution in [2.45, 2.75) is 56.8 Å². The Bertz CT molecular complexity index is 449. The number of furan rings is 1. The molecule has 4 bridgehead atoms. The normalized spacial score (nSPS) is 37.6. The Kier molecular flexibility index (Phi) is 4.01. The molecular formula is C18H27NO3. The Morgan fingerprint density at radius 1 is 1.23 bits per heavy atom. The summed E-state index contributed by atoms with van der Waals surface area (Å²) in [6.07, 6.45) is 9.52. The zero-order chi connectivity index (χ0) is 15.0. The predicted octanol–water partition coefficient (Wildman–Crippen LogP) is 2.72. The van der Waals surface area contributed by atoms with Crippen molar-refractivity contribution in [2.24, 2.45) is 17.8 Å². The second-order valence-corrected chi connectivity index (χ2v) is 7.83. The molecule has 22 heavy (non-hydrogen) atoms. The van der Waals surface area contributed by atoms with Crippen molar-refractivity contribution in [3.05, 3.63) is 24.2 Å². The average molecular weight is 305 g/mol. The van der Waals surface area contributed by atoms with E-state index in [0.717, 1.165) is 23.5 Å². The van der Waals surface area contributed by atoms with Gasteiger partial charge in [0.2, 0.25) is 0 Å². The Labute approximate surface area is 132 Å². The van der Waals surface area contributed by atoms with Crippen molar-refractivity contribution in [1.29, 1.82) is 0 Å². The molecule has 0 saturated heterocycles. The number of aliphatic hydroxyl groups is 1. The minimum Gasteiger partial charge on any atom is -0.467 e. The molecule has 122 valence electrons. The van der Waals surface area contributed by atoms with E-state index >= 15 is 0 Å². The summed E-state index contributed by atoms with van der Waals surface area (Å²) >= 11 is 0. The number of ether oxygens (including phenoxy) is 1. The van der Waals surface area contributed by atoms with Crippen molar-refractivity contribution in [1.82, 2.24) is 5.32 Å². The smallest absolute Gasteiger partial charge is 0.129 e. The molecule has 0 amide bonds. The molecule has 4 aliphatic rings. The van der Waals surface area contributed by atoms with E-state index in [1.807, 2.05) is 12.1 Å². The van der Waals surface area contributed by atoms with Crippen LogP contribution in [0.2, 0.25) is 0 Å². The minimum atomic E-state index is -0.442. The van der Waals surface area contributed by atoms with E-state index < -0.39 is 6.10 Å². The first-order valence-corrected chi connectivity index (χ1v) is 8.74. The van der Waals surface area contributed by atoms with Gasteiger partial charge in [-0.25, -0.2) is 0 Å². The first-order chi connectivity index (χ1) is 10.7. The summed E-state index contributed by atoms with van der Waals surface area (Å²) in [7, 11) is 0. The maximum absolute atomic E-state index is 10.2. The van der Waals surface area contributed by atoms with Crippen LogP contribution in [0, 0.1) is 17.8 Å². The molecule has 4 fully saturated rings. The molecule has 4 saturated carbocycles. The lowest BCUT2D eigenvalue weighted by atomic mass is 9.53. The lowest BCUT2D eigenvalue weighted by Gasteiger charge is -2.57. The molecule has 5 rings (SSSR count). The van der Waals surface area contributed by atoms with Crippen LogP contribution < -0.4 is 5.32 Å². The lowest BCUT2D eigenvalue weighted by Crippen LogP contribution is -2.59. The maximum atomic E-state index is 10.2. The van der Waals surface area contributed by atoms with Crippen molar-refractivity contribution in [3.8, 4) is 0 Å². The summed E-state index contributed by atoms with van der Waals surface area (Å²) in [6, 6.07) is 3.74. The Hall–Kier alpha value is -0.840. The summed E-state index contributed by atoms with van der Waals surface area (Å²) in [6.45, 7) is 1.44. The van der Waals surface area contributed by atoms with Crippen LogP contribution in [0.1, 0.15) is 44.3 Å². The van der Waals surface area contributed by atoms with Crippen molar-refractivity contribution in [2.75, 3.05) is 13.2 Å². The molecule has 1 heterocycles. The SMILES string of the molecule is OC(CNC12CC3CC(CC(C3)C1)C2)COCc1ccco1. The van der Waals surface area contributed by atoms with Crippen LogP contribution >= 0.6 is 0 Å². The summed E-state index contributed by atoms with van der Waals surface area (Å²) in [4.78, 5) is 0. The number of hydrogen-bond donors (Lipinski definition) is 2. The summed E-state index contributed by atoms with van der Waals surface area (Å²) < 4.78 is 10.7. The Morgan fingerprint density at radius 3 is 2.50 bits per heavy atom. The quantitative estimate of drug-likeness (QED) is 0.813. The van der Waals surface area contributed by atoms with E-state index in [2.05, 4.69) is 5.32 Å². The van der Waals surface area contributed by atoms with E-state index in [-0.39, 0.29) is 0 Å². The number of nitrogens with one attached hydrogen (secondary N) is 1. The molecule has 0 spiro atoms. The van der Waals surface area contributed by atoms with Gasteiger partial charge in [0.1, 0.15) is 12.4 Å². The van der Waals surface area contributed by atoms with Gasteiger partial charge in [0.25, 0.3) is 0 Å². The largest absolute Gasteiger partial charge is 0.467 e. The van der Waals surface area contributed by atoms with Gasteiger partial charge in [-0.05, 0) is 68.4 Å². The van der Waals surface area contributed by atoms with Gasteiger partial charge in [-0.3, -0.25) is 0 Å². The fourth-order valence-electron chi connectivity index (χ4n) is 5.41. The molecule has 0 aromatic carbocycles. The van der Waals surface area contributed by atoms with Gasteiger partial charge >= 0.3 is 0 Å². The number of aliphatic hydroxyl groups excluding tert-OH is 1. The fraction of sp³-hybridized carbons (Fsp3) is 0.778. The summed E-state index contributed by atoms with van der Waals surface area (Å²) in [5.41, 5.74) is 0.316. The molecule has 1 aromatic rings. The standard InChI is InChI=1S/C18H27NO3/c20-16(11-21-12-17-2-1-3-22-17)10-19-18-7-13-4-14(8-18)6-15(5-13)9-18/h1-3,13-16,19-20H,4-12H2. The Morgan fingerprint density at radius 2 is 1.91 bits per heavy atom. The zero-order valence-corrected chi connectivity index (χ0v) is 13.2. The highest BCUT2D eigenvalue weighted by Crippen LogP contribution is 2.55. The van der Waals surface area contributed by atoms with Crippen LogP contribution in [0.3, 0.4) is 0 Å². The topological polar surface area (TPSA) is 54.6 Å². The third-order valence-corrected chi connectivity index (χ3v) is 5.89. The lowest BCUT2D eigenvalue weighted by molar-refractivity contribution is -0.0324. The van der Waals surface area contributed by atoms with Crippen LogP contribution in [0.4, 0.5) is 0 Å². The van der Waals surface area contributed by atoms with Crippen molar-refractivity contribution < 1.29 is 14.3 Å². The van der Waals surface area contributed by atoms with Crippen LogP contribution in [0.15, 0.2) is 22.8 Å². The molecule has 0 aliphatic heterocycles. The van der Waals surface area contributed by atoms with E-state index in [1.54, 1.807) is 6.26 Å². The van der Waals surface area contributed by atoms with Crippen LogP contribution in [0.5, 0.6) is 0 Å². The molecule has 1 aromatic heterocycles. The molecule has 4 heteroatoms. The minimum absolute atomic E-state index is 0.316. The zero-order valence-electron chi connectivity index (χ0n) is 13.2. The summed E-state index contributed by atoms with van der Waals surface area (Å²) in [5, 5.41) is 13.9. The van der Waals surface area contributed by atoms with Gasteiger partial charge in [-0.1, -0.05) is 0 Å². The van der Waals surface area contributed by atoms with Crippen LogP contribution in [0.25, 0.3) is 0 Å². The summed E-state index contributed by atoms with van der Waals surface area (Å²) in [5.74, 6) is 3.62. The maximum Gasteiger partial charge on any atom is 0.129 e. The first-order valence-electron chi connectivity index (χ1n) is 8.74. The fourth-order valence-corrected chi connectivity index (χ4v) is 5.41. The second-order valence-electron chi connectivity index (χ2n) is 7.83. The third-order valence-electron chi connectivity index (χ3n) is 5.89. The van der Waals surface area contributed by atoms with Gasteiger partial charge in [0, 0.05) is 12.1 Å². The number of hydrogen-bond acceptors (Lipinski definition) is 4. The highest BCUT2D eigenvalue weighted by atomic mass is 16.5. The van der Waals surface area contributed by atoms with E-state index in [1.165, 1.54) is 38.5 Å². The van der Waals surface area contributed by atoms with Crippen LogP contribution in [-0.4, -0.2) is 29.9 Å². The van der Waals surface area contributed by atoms with Crippen molar-refractivity contribution >= 4 is 0 Å². The molecule has 4 aliphatic carbocycles. The molecule has 4 nitrogen and oxygen atoms in total. The predicted molar refractivity (Wildman–Crippen MR) is 83.3 cm³/mol. The van der Waals surface area contributed by atoms with E-state index in [9.17, 15) is 5.11 Å². The Balaban J connectivity index is 1.22. The van der Waals surface area contributed by atoms with Gasteiger partial charge in [-0.15, -0.1) is 0 Å².